The highest BCUT2D eigenvalue weighted by atomic mass is 19.1. The first-order chi connectivity index (χ1) is 11.5. The zero-order valence-electron chi connectivity index (χ0n) is 12.9. The van der Waals surface area contributed by atoms with Crippen LogP contribution in [0.5, 0.6) is 5.75 Å². The molecule has 5 nitrogen and oxygen atoms in total. The van der Waals surface area contributed by atoms with Crippen LogP contribution in [-0.2, 0) is 0 Å². The maximum absolute atomic E-state index is 13.3. The Morgan fingerprint density at radius 1 is 1.12 bits per heavy atom. The average Bonchev–Trinajstić information content (AvgIpc) is 2.53. The summed E-state index contributed by atoms with van der Waals surface area (Å²) in [5.74, 6) is -1.69. The normalized spacial score (nSPS) is 10.1. The van der Waals surface area contributed by atoms with Crippen molar-refractivity contribution in [2.45, 2.75) is 6.92 Å². The van der Waals surface area contributed by atoms with E-state index in [0.717, 1.165) is 12.1 Å². The number of hydrogen-bond acceptors (Lipinski definition) is 3. The van der Waals surface area contributed by atoms with Crippen LogP contribution < -0.4 is 15.4 Å². The summed E-state index contributed by atoms with van der Waals surface area (Å²) in [5.41, 5.74) is 0.966. The number of hydrogen-bond donors (Lipinski definition) is 2. The van der Waals surface area contributed by atoms with Crippen LogP contribution >= 0.6 is 0 Å². The van der Waals surface area contributed by atoms with Gasteiger partial charge in [-0.1, -0.05) is 12.1 Å². The van der Waals surface area contributed by atoms with E-state index in [1.807, 2.05) is 0 Å². The fourth-order valence-electron chi connectivity index (χ4n) is 1.91. The average molecular weight is 334 g/mol. The Balaban J connectivity index is 1.77. The van der Waals surface area contributed by atoms with Gasteiger partial charge in [0.2, 0.25) is 0 Å². The minimum atomic E-state index is -0.805. The standard InChI is InChI=1S/C17H16F2N2O3/c1-11(22)12-3-2-4-14(9-12)21-17(23)20-7-8-24-16-6-5-13(18)10-15(16)19/h2-6,9-10H,7-8H2,1H3,(H2,20,21,23). The maximum atomic E-state index is 13.3. The van der Waals surface area contributed by atoms with Crippen LogP contribution in [0.2, 0.25) is 0 Å². The smallest absolute Gasteiger partial charge is 0.319 e. The van der Waals surface area contributed by atoms with Gasteiger partial charge in [0.1, 0.15) is 12.4 Å². The van der Waals surface area contributed by atoms with E-state index in [4.69, 9.17) is 4.74 Å². The number of carbonyl (C=O) groups excluding carboxylic acids is 2. The predicted molar refractivity (Wildman–Crippen MR) is 85.3 cm³/mol. The highest BCUT2D eigenvalue weighted by molar-refractivity contribution is 5.96. The molecule has 0 bridgehead atoms. The van der Waals surface area contributed by atoms with Crippen molar-refractivity contribution in [2.24, 2.45) is 0 Å². The largest absolute Gasteiger partial charge is 0.489 e. The van der Waals surface area contributed by atoms with Gasteiger partial charge in [-0.3, -0.25) is 4.79 Å². The zero-order chi connectivity index (χ0) is 17.5. The van der Waals surface area contributed by atoms with Crippen molar-refractivity contribution in [2.75, 3.05) is 18.5 Å². The van der Waals surface area contributed by atoms with Crippen LogP contribution in [0.3, 0.4) is 0 Å². The third-order valence-electron chi connectivity index (χ3n) is 3.07. The van der Waals surface area contributed by atoms with E-state index in [0.29, 0.717) is 11.3 Å². The lowest BCUT2D eigenvalue weighted by molar-refractivity contribution is 0.101. The molecular weight excluding hydrogens is 318 g/mol. The number of nitrogens with one attached hydrogen (secondary N) is 2. The van der Waals surface area contributed by atoms with Gasteiger partial charge in [0.05, 0.1) is 6.54 Å². The molecule has 2 rings (SSSR count). The highest BCUT2D eigenvalue weighted by Gasteiger charge is 2.06. The summed E-state index contributed by atoms with van der Waals surface area (Å²) in [4.78, 5) is 23.0. The number of amides is 2. The van der Waals surface area contributed by atoms with Crippen molar-refractivity contribution >= 4 is 17.5 Å². The topological polar surface area (TPSA) is 67.4 Å². The molecule has 2 N–H and O–H groups in total. The second kappa shape index (κ2) is 8.05. The third-order valence-corrected chi connectivity index (χ3v) is 3.07. The van der Waals surface area contributed by atoms with E-state index in [1.54, 1.807) is 24.3 Å². The van der Waals surface area contributed by atoms with Crippen molar-refractivity contribution in [1.29, 1.82) is 0 Å². The molecule has 7 heteroatoms. The van der Waals surface area contributed by atoms with Gasteiger partial charge < -0.3 is 15.4 Å². The van der Waals surface area contributed by atoms with E-state index < -0.39 is 17.7 Å². The predicted octanol–water partition coefficient (Wildman–Crippen LogP) is 3.37. The van der Waals surface area contributed by atoms with Gasteiger partial charge in [-0.15, -0.1) is 0 Å². The van der Waals surface area contributed by atoms with Crippen LogP contribution in [0, 0.1) is 11.6 Å². The monoisotopic (exact) mass is 334 g/mol. The van der Waals surface area contributed by atoms with Gasteiger partial charge in [-0.2, -0.15) is 0 Å². The van der Waals surface area contributed by atoms with Gasteiger partial charge >= 0.3 is 6.03 Å². The third kappa shape index (κ3) is 5.05. The number of carbonyl (C=O) groups is 2. The van der Waals surface area contributed by atoms with Crippen LogP contribution in [-0.4, -0.2) is 25.0 Å². The van der Waals surface area contributed by atoms with E-state index in [-0.39, 0.29) is 24.7 Å². The van der Waals surface area contributed by atoms with E-state index in [2.05, 4.69) is 10.6 Å². The van der Waals surface area contributed by atoms with Gasteiger partial charge in [0.25, 0.3) is 0 Å². The molecule has 2 aromatic rings. The molecule has 0 aromatic heterocycles. The fraction of sp³-hybridized carbons (Fsp3) is 0.176. The van der Waals surface area contributed by atoms with Crippen molar-refractivity contribution < 1.29 is 23.1 Å². The summed E-state index contributed by atoms with van der Waals surface area (Å²) >= 11 is 0. The maximum Gasteiger partial charge on any atom is 0.319 e. The molecule has 0 atom stereocenters. The van der Waals surface area contributed by atoms with E-state index >= 15 is 0 Å². The first-order valence-corrected chi connectivity index (χ1v) is 7.19. The number of halogens is 2. The summed E-state index contributed by atoms with van der Waals surface area (Å²) in [5, 5.41) is 5.10. The Labute approximate surface area is 137 Å². The Kier molecular flexibility index (Phi) is 5.83. The van der Waals surface area contributed by atoms with Crippen LogP contribution in [0.15, 0.2) is 42.5 Å². The lowest BCUT2D eigenvalue weighted by Gasteiger charge is -2.10. The summed E-state index contributed by atoms with van der Waals surface area (Å²) in [6, 6.07) is 9.01. The fourth-order valence-corrected chi connectivity index (χ4v) is 1.91. The molecule has 0 fully saturated rings. The summed E-state index contributed by atoms with van der Waals surface area (Å²) in [6.45, 7) is 1.57. The minimum Gasteiger partial charge on any atom is -0.489 e. The molecule has 0 unspecified atom stereocenters. The summed E-state index contributed by atoms with van der Waals surface area (Å²) in [6.07, 6.45) is 0. The van der Waals surface area contributed by atoms with Crippen LogP contribution in [0.1, 0.15) is 17.3 Å². The molecule has 0 aliphatic heterocycles. The molecule has 0 saturated heterocycles. The molecule has 0 spiro atoms. The molecule has 24 heavy (non-hydrogen) atoms. The number of urea groups is 1. The van der Waals surface area contributed by atoms with Crippen molar-refractivity contribution in [3.63, 3.8) is 0 Å². The Bertz CT molecular complexity index is 750. The molecule has 2 aromatic carbocycles. The number of benzene rings is 2. The number of rotatable bonds is 6. The molecule has 2 amide bonds. The first-order valence-electron chi connectivity index (χ1n) is 7.19. The SMILES string of the molecule is CC(=O)c1cccc(NC(=O)NCCOc2ccc(F)cc2F)c1. The molecule has 0 saturated carbocycles. The van der Waals surface area contributed by atoms with Gasteiger partial charge in [0, 0.05) is 17.3 Å². The second-order valence-corrected chi connectivity index (χ2v) is 4.94. The van der Waals surface area contributed by atoms with Crippen LogP contribution in [0.25, 0.3) is 0 Å². The van der Waals surface area contributed by atoms with Crippen molar-refractivity contribution in [1.82, 2.24) is 5.32 Å². The minimum absolute atomic E-state index is 0.0173. The Hall–Kier alpha value is -2.96. The Morgan fingerprint density at radius 3 is 2.62 bits per heavy atom. The van der Waals surface area contributed by atoms with Crippen molar-refractivity contribution in [3.05, 3.63) is 59.7 Å². The number of anilines is 1. The first kappa shape index (κ1) is 17.4. The lowest BCUT2D eigenvalue weighted by Crippen LogP contribution is -2.32. The number of ether oxygens (including phenoxy) is 1. The molecule has 126 valence electrons. The highest BCUT2D eigenvalue weighted by Crippen LogP contribution is 2.17. The molecule has 0 heterocycles. The quantitative estimate of drug-likeness (QED) is 0.629. The summed E-state index contributed by atoms with van der Waals surface area (Å²) < 4.78 is 31.2. The molecular formula is C17H16F2N2O3. The van der Waals surface area contributed by atoms with Crippen LogP contribution in [0.4, 0.5) is 19.3 Å². The van der Waals surface area contributed by atoms with E-state index in [9.17, 15) is 18.4 Å². The number of ketones is 1. The van der Waals surface area contributed by atoms with Gasteiger partial charge in [0.15, 0.2) is 17.3 Å². The van der Waals surface area contributed by atoms with E-state index in [1.165, 1.54) is 13.0 Å². The second-order valence-electron chi connectivity index (χ2n) is 4.94. The zero-order valence-corrected chi connectivity index (χ0v) is 12.9. The van der Waals surface area contributed by atoms with Crippen molar-refractivity contribution in [3.8, 4) is 5.75 Å². The number of Topliss-reactive ketones (excluding diaryl/α,β-unsaturated/α-hetero) is 1. The molecule has 0 aliphatic carbocycles. The molecule has 0 radical (unpaired) electrons. The summed E-state index contributed by atoms with van der Waals surface area (Å²) in [7, 11) is 0. The molecule has 0 aliphatic rings. The van der Waals surface area contributed by atoms with Gasteiger partial charge in [-0.25, -0.2) is 13.6 Å². The van der Waals surface area contributed by atoms with Gasteiger partial charge in [-0.05, 0) is 31.2 Å². The Morgan fingerprint density at radius 2 is 1.92 bits per heavy atom. The lowest BCUT2D eigenvalue weighted by atomic mass is 10.1.